The Morgan fingerprint density at radius 2 is 1.78 bits per heavy atom. The number of hydrogen-bond donors (Lipinski definition) is 2. The van der Waals surface area contributed by atoms with Gasteiger partial charge >= 0.3 is 0 Å². The van der Waals surface area contributed by atoms with Crippen LogP contribution in [0, 0.1) is 17.1 Å². The molecule has 0 atom stereocenters. The van der Waals surface area contributed by atoms with Crippen molar-refractivity contribution in [2.24, 2.45) is 0 Å². The lowest BCUT2D eigenvalue weighted by molar-refractivity contribution is -0.118. The predicted molar refractivity (Wildman–Crippen MR) is 121 cm³/mol. The lowest BCUT2D eigenvalue weighted by Crippen LogP contribution is -2.21. The molecule has 0 fully saturated rings. The zero-order valence-corrected chi connectivity index (χ0v) is 17.4. The number of benzene rings is 3. The van der Waals surface area contributed by atoms with Crippen LogP contribution in [-0.2, 0) is 9.59 Å². The summed E-state index contributed by atoms with van der Waals surface area (Å²) in [6.07, 6.45) is 1.35. The van der Waals surface area contributed by atoms with Crippen molar-refractivity contribution >= 4 is 40.9 Å². The second kappa shape index (κ2) is 10.8. The first-order valence-corrected chi connectivity index (χ1v) is 9.79. The predicted octanol–water partition coefficient (Wildman–Crippen LogP) is 5.04. The van der Waals surface area contributed by atoms with Crippen molar-refractivity contribution in [1.29, 1.82) is 5.26 Å². The number of halogens is 2. The van der Waals surface area contributed by atoms with E-state index in [-0.39, 0.29) is 17.0 Å². The minimum absolute atomic E-state index is 0.0405. The SMILES string of the molecule is N#C/C(=C/c1ccccc1OCC(=O)Nc1ccccc1F)C(=O)Nc1cccc(Cl)c1. The van der Waals surface area contributed by atoms with Gasteiger partial charge in [0, 0.05) is 16.3 Å². The van der Waals surface area contributed by atoms with Gasteiger partial charge in [-0.15, -0.1) is 0 Å². The van der Waals surface area contributed by atoms with Gasteiger partial charge in [0.1, 0.15) is 23.2 Å². The Kier molecular flexibility index (Phi) is 7.57. The van der Waals surface area contributed by atoms with Gasteiger partial charge in [-0.05, 0) is 42.5 Å². The third kappa shape index (κ3) is 6.17. The maximum Gasteiger partial charge on any atom is 0.266 e. The van der Waals surface area contributed by atoms with Crippen LogP contribution < -0.4 is 15.4 Å². The maximum atomic E-state index is 13.7. The van der Waals surface area contributed by atoms with Crippen molar-refractivity contribution in [2.45, 2.75) is 0 Å². The molecule has 0 saturated carbocycles. The number of nitriles is 1. The molecular formula is C24H17ClFN3O3. The standard InChI is InChI=1S/C24H17ClFN3O3/c25-18-7-5-8-19(13-18)28-24(31)17(14-27)12-16-6-1-4-11-22(16)32-15-23(30)29-21-10-3-2-9-20(21)26/h1-13H,15H2,(H,28,31)(H,29,30)/b17-12-. The van der Waals surface area contributed by atoms with Crippen molar-refractivity contribution in [1.82, 2.24) is 0 Å². The normalized spacial score (nSPS) is 10.7. The Bertz CT molecular complexity index is 1220. The Morgan fingerprint density at radius 3 is 2.53 bits per heavy atom. The molecule has 0 spiro atoms. The highest BCUT2D eigenvalue weighted by molar-refractivity contribution is 6.31. The molecule has 0 unspecified atom stereocenters. The van der Waals surface area contributed by atoms with Crippen LogP contribution >= 0.6 is 11.6 Å². The van der Waals surface area contributed by atoms with E-state index in [9.17, 15) is 19.2 Å². The molecule has 0 aliphatic heterocycles. The lowest BCUT2D eigenvalue weighted by Gasteiger charge is -2.11. The van der Waals surface area contributed by atoms with Crippen molar-refractivity contribution < 1.29 is 18.7 Å². The van der Waals surface area contributed by atoms with E-state index in [1.165, 1.54) is 24.3 Å². The monoisotopic (exact) mass is 449 g/mol. The molecular weight excluding hydrogens is 433 g/mol. The summed E-state index contributed by atoms with van der Waals surface area (Å²) in [5.41, 5.74) is 0.734. The molecule has 160 valence electrons. The molecule has 6 nitrogen and oxygen atoms in total. The van der Waals surface area contributed by atoms with Crippen LogP contribution in [0.4, 0.5) is 15.8 Å². The molecule has 0 aromatic heterocycles. The third-order valence-electron chi connectivity index (χ3n) is 4.17. The van der Waals surface area contributed by atoms with Gasteiger partial charge in [0.05, 0.1) is 5.69 Å². The topological polar surface area (TPSA) is 91.2 Å². The third-order valence-corrected chi connectivity index (χ3v) is 4.41. The van der Waals surface area contributed by atoms with E-state index >= 15 is 0 Å². The van der Waals surface area contributed by atoms with Crippen LogP contribution in [0.3, 0.4) is 0 Å². The van der Waals surface area contributed by atoms with Crippen LogP contribution in [0.2, 0.25) is 5.02 Å². The van der Waals surface area contributed by atoms with Gasteiger partial charge in [-0.2, -0.15) is 5.26 Å². The maximum absolute atomic E-state index is 13.7. The first-order chi connectivity index (χ1) is 15.5. The first kappa shape index (κ1) is 22.5. The van der Waals surface area contributed by atoms with E-state index in [0.717, 1.165) is 0 Å². The van der Waals surface area contributed by atoms with Gasteiger partial charge in [0.15, 0.2) is 6.61 Å². The van der Waals surface area contributed by atoms with E-state index in [1.54, 1.807) is 54.6 Å². The fourth-order valence-corrected chi connectivity index (χ4v) is 2.88. The average Bonchev–Trinajstić information content (AvgIpc) is 2.78. The molecule has 32 heavy (non-hydrogen) atoms. The minimum Gasteiger partial charge on any atom is -0.483 e. The summed E-state index contributed by atoms with van der Waals surface area (Å²) in [5.74, 6) is -1.47. The molecule has 0 heterocycles. The summed E-state index contributed by atoms with van der Waals surface area (Å²) in [4.78, 5) is 24.6. The minimum atomic E-state index is -0.623. The number of para-hydroxylation sites is 2. The first-order valence-electron chi connectivity index (χ1n) is 9.41. The number of hydrogen-bond acceptors (Lipinski definition) is 4. The van der Waals surface area contributed by atoms with Crippen LogP contribution in [0.15, 0.2) is 78.4 Å². The lowest BCUT2D eigenvalue weighted by atomic mass is 10.1. The van der Waals surface area contributed by atoms with E-state index in [1.807, 2.05) is 6.07 Å². The number of nitrogens with zero attached hydrogens (tertiary/aromatic N) is 1. The summed E-state index contributed by atoms with van der Waals surface area (Å²) in [7, 11) is 0. The van der Waals surface area contributed by atoms with Crippen molar-refractivity contribution in [3.63, 3.8) is 0 Å². The van der Waals surface area contributed by atoms with Crippen molar-refractivity contribution in [2.75, 3.05) is 17.2 Å². The van der Waals surface area contributed by atoms with E-state index in [4.69, 9.17) is 16.3 Å². The van der Waals surface area contributed by atoms with Gasteiger partial charge in [0.2, 0.25) is 0 Å². The number of carbonyl (C=O) groups is 2. The van der Waals surface area contributed by atoms with Crippen LogP contribution in [0.5, 0.6) is 5.75 Å². The van der Waals surface area contributed by atoms with Crippen molar-refractivity contribution in [3.8, 4) is 11.8 Å². The molecule has 0 aliphatic rings. The van der Waals surface area contributed by atoms with Crippen molar-refractivity contribution in [3.05, 3.63) is 94.8 Å². The number of anilines is 2. The highest BCUT2D eigenvalue weighted by Crippen LogP contribution is 2.22. The van der Waals surface area contributed by atoms with Gasteiger partial charge in [0.25, 0.3) is 11.8 Å². The second-order valence-corrected chi connectivity index (χ2v) is 6.93. The molecule has 2 amide bonds. The molecule has 0 radical (unpaired) electrons. The zero-order chi connectivity index (χ0) is 22.9. The molecule has 3 aromatic rings. The van der Waals surface area contributed by atoms with E-state index < -0.39 is 24.2 Å². The summed E-state index contributed by atoms with van der Waals surface area (Å²) in [6, 6.07) is 20.8. The summed E-state index contributed by atoms with van der Waals surface area (Å²) in [5, 5.41) is 14.9. The highest BCUT2D eigenvalue weighted by atomic mass is 35.5. The van der Waals surface area contributed by atoms with Crippen LogP contribution in [0.1, 0.15) is 5.56 Å². The Balaban J connectivity index is 1.71. The smallest absolute Gasteiger partial charge is 0.266 e. The molecule has 3 rings (SSSR count). The molecule has 8 heteroatoms. The number of nitrogens with one attached hydrogen (secondary N) is 2. The Morgan fingerprint density at radius 1 is 1.03 bits per heavy atom. The number of ether oxygens (including phenoxy) is 1. The van der Waals surface area contributed by atoms with Gasteiger partial charge in [-0.25, -0.2) is 4.39 Å². The summed E-state index contributed by atoms with van der Waals surface area (Å²) < 4.78 is 19.2. The Labute approximate surface area is 188 Å². The van der Waals surface area contributed by atoms with Crippen LogP contribution in [0.25, 0.3) is 6.08 Å². The average molecular weight is 450 g/mol. The molecule has 0 saturated heterocycles. The fourth-order valence-electron chi connectivity index (χ4n) is 2.69. The summed E-state index contributed by atoms with van der Waals surface area (Å²) >= 11 is 5.91. The second-order valence-electron chi connectivity index (χ2n) is 6.49. The molecule has 3 aromatic carbocycles. The zero-order valence-electron chi connectivity index (χ0n) is 16.6. The van der Waals surface area contributed by atoms with Gasteiger partial charge in [-0.3, -0.25) is 9.59 Å². The number of rotatable bonds is 7. The van der Waals surface area contributed by atoms with Gasteiger partial charge < -0.3 is 15.4 Å². The molecule has 2 N–H and O–H groups in total. The van der Waals surface area contributed by atoms with Gasteiger partial charge in [-0.1, -0.05) is 48.0 Å². The molecule has 0 bridgehead atoms. The number of amides is 2. The summed E-state index contributed by atoms with van der Waals surface area (Å²) in [6.45, 7) is -0.393. The number of carbonyl (C=O) groups excluding carboxylic acids is 2. The van der Waals surface area contributed by atoms with Crippen LogP contribution in [-0.4, -0.2) is 18.4 Å². The highest BCUT2D eigenvalue weighted by Gasteiger charge is 2.13. The molecule has 0 aliphatic carbocycles. The largest absolute Gasteiger partial charge is 0.483 e. The fraction of sp³-hybridized carbons (Fsp3) is 0.0417. The van der Waals surface area contributed by atoms with E-state index in [2.05, 4.69) is 10.6 Å². The van der Waals surface area contributed by atoms with E-state index in [0.29, 0.717) is 16.3 Å². The Hall–Kier alpha value is -4.15. The quantitative estimate of drug-likeness (QED) is 0.390.